The number of nitrogens with zero attached hydrogens (tertiary/aromatic N) is 1. The van der Waals surface area contributed by atoms with Crippen LogP contribution in [0.1, 0.15) is 18.1 Å². The molecule has 0 radical (unpaired) electrons. The Labute approximate surface area is 180 Å². The predicted octanol–water partition coefficient (Wildman–Crippen LogP) is 5.89. The summed E-state index contributed by atoms with van der Waals surface area (Å²) in [6.07, 6.45) is -3.23. The first kappa shape index (κ1) is 21.9. The van der Waals surface area contributed by atoms with Crippen LogP contribution in [-0.2, 0) is 20.5 Å². The van der Waals surface area contributed by atoms with Gasteiger partial charge in [0.05, 0.1) is 33.9 Å². The summed E-state index contributed by atoms with van der Waals surface area (Å²) in [6, 6.07) is 9.02. The Hall–Kier alpha value is -2.77. The molecule has 2 aromatic rings. The molecule has 0 aliphatic carbocycles. The van der Waals surface area contributed by atoms with E-state index in [1.807, 2.05) is 0 Å². The average Bonchev–Trinajstić information content (AvgIpc) is 2.94. The Morgan fingerprint density at radius 1 is 1.13 bits per heavy atom. The van der Waals surface area contributed by atoms with Crippen molar-refractivity contribution < 1.29 is 27.5 Å². The lowest BCUT2D eigenvalue weighted by Gasteiger charge is -2.19. The van der Waals surface area contributed by atoms with E-state index in [1.54, 1.807) is 18.2 Å². The fourth-order valence-corrected chi connectivity index (χ4v) is 3.46. The number of carbonyl (C=O) groups is 2. The molecular formula is C21H14Cl2F3NO3. The van der Waals surface area contributed by atoms with E-state index in [0.717, 1.165) is 24.1 Å². The summed E-state index contributed by atoms with van der Waals surface area (Å²) in [5.41, 5.74) is -0.593. The van der Waals surface area contributed by atoms with Crippen molar-refractivity contribution in [1.29, 1.82) is 0 Å². The van der Waals surface area contributed by atoms with Crippen LogP contribution in [0.5, 0.6) is 0 Å². The molecular weight excluding hydrogens is 442 g/mol. The molecule has 0 fully saturated rings. The highest BCUT2D eigenvalue weighted by molar-refractivity contribution is 6.43. The number of alkyl halides is 3. The quantitative estimate of drug-likeness (QED) is 0.428. The number of hydrogen-bond donors (Lipinski definition) is 0. The van der Waals surface area contributed by atoms with Crippen molar-refractivity contribution in [2.24, 2.45) is 0 Å². The van der Waals surface area contributed by atoms with Gasteiger partial charge in [-0.2, -0.15) is 13.2 Å². The minimum Gasteiger partial charge on any atom is -0.465 e. The number of rotatable bonds is 3. The SMILES string of the molecule is COC(=O)C1=C(C)N(c2cccc(C(F)(F)F)c2)C(=O)/C1=C\c1cccc(Cl)c1Cl. The fourth-order valence-electron chi connectivity index (χ4n) is 3.10. The third-order valence-electron chi connectivity index (χ3n) is 4.50. The third kappa shape index (κ3) is 3.95. The van der Waals surface area contributed by atoms with Gasteiger partial charge < -0.3 is 4.74 Å². The van der Waals surface area contributed by atoms with Crippen molar-refractivity contribution in [2.45, 2.75) is 13.1 Å². The minimum absolute atomic E-state index is 0.0330. The molecule has 4 nitrogen and oxygen atoms in total. The number of ether oxygens (including phenoxy) is 1. The molecule has 0 bridgehead atoms. The molecule has 156 valence electrons. The molecule has 3 rings (SSSR count). The topological polar surface area (TPSA) is 46.6 Å². The molecule has 1 aliphatic heterocycles. The zero-order valence-electron chi connectivity index (χ0n) is 15.7. The summed E-state index contributed by atoms with van der Waals surface area (Å²) in [5, 5.41) is 0.408. The van der Waals surface area contributed by atoms with Crippen molar-refractivity contribution in [3.63, 3.8) is 0 Å². The molecule has 1 amide bonds. The van der Waals surface area contributed by atoms with Crippen LogP contribution in [0.4, 0.5) is 18.9 Å². The maximum Gasteiger partial charge on any atom is 0.416 e. The van der Waals surface area contributed by atoms with E-state index < -0.39 is 23.6 Å². The fraction of sp³-hybridized carbons (Fsp3) is 0.143. The van der Waals surface area contributed by atoms with Crippen LogP contribution in [0.3, 0.4) is 0 Å². The summed E-state index contributed by atoms with van der Waals surface area (Å²) in [7, 11) is 1.14. The highest BCUT2D eigenvalue weighted by Crippen LogP contribution is 2.39. The van der Waals surface area contributed by atoms with Gasteiger partial charge in [0, 0.05) is 11.4 Å². The lowest BCUT2D eigenvalue weighted by Crippen LogP contribution is -2.25. The van der Waals surface area contributed by atoms with Gasteiger partial charge in [0.25, 0.3) is 5.91 Å². The molecule has 0 aromatic heterocycles. The second kappa shape index (κ2) is 8.16. The number of hydrogen-bond acceptors (Lipinski definition) is 3. The van der Waals surface area contributed by atoms with Gasteiger partial charge >= 0.3 is 12.1 Å². The van der Waals surface area contributed by atoms with Gasteiger partial charge in [0.2, 0.25) is 0 Å². The largest absolute Gasteiger partial charge is 0.465 e. The van der Waals surface area contributed by atoms with Gasteiger partial charge in [-0.25, -0.2) is 4.79 Å². The number of anilines is 1. The van der Waals surface area contributed by atoms with Crippen molar-refractivity contribution >= 4 is 46.8 Å². The van der Waals surface area contributed by atoms with Crippen molar-refractivity contribution in [3.05, 3.63) is 80.5 Å². The third-order valence-corrected chi connectivity index (χ3v) is 5.34. The molecule has 0 atom stereocenters. The van der Waals surface area contributed by atoms with Crippen LogP contribution in [0.25, 0.3) is 6.08 Å². The van der Waals surface area contributed by atoms with E-state index in [0.29, 0.717) is 5.56 Å². The Bertz CT molecular complexity index is 1110. The zero-order valence-corrected chi connectivity index (χ0v) is 17.2. The van der Waals surface area contributed by atoms with Crippen molar-refractivity contribution in [1.82, 2.24) is 0 Å². The number of carbonyl (C=O) groups excluding carboxylic acids is 2. The van der Waals surface area contributed by atoms with Gasteiger partial charge in [0.15, 0.2) is 0 Å². The van der Waals surface area contributed by atoms with Crippen LogP contribution in [-0.4, -0.2) is 19.0 Å². The second-order valence-corrected chi connectivity index (χ2v) is 7.13. The second-order valence-electron chi connectivity index (χ2n) is 6.34. The zero-order chi connectivity index (χ0) is 22.2. The van der Waals surface area contributed by atoms with E-state index in [9.17, 15) is 22.8 Å². The van der Waals surface area contributed by atoms with E-state index in [1.165, 1.54) is 25.1 Å². The molecule has 9 heteroatoms. The first-order valence-corrected chi connectivity index (χ1v) is 9.29. The van der Waals surface area contributed by atoms with Gasteiger partial charge in [-0.3, -0.25) is 9.69 Å². The summed E-state index contributed by atoms with van der Waals surface area (Å²) in [5.74, 6) is -1.50. The summed E-state index contributed by atoms with van der Waals surface area (Å²) >= 11 is 12.2. The molecule has 30 heavy (non-hydrogen) atoms. The van der Waals surface area contributed by atoms with Crippen molar-refractivity contribution in [2.75, 3.05) is 12.0 Å². The Morgan fingerprint density at radius 3 is 2.43 bits per heavy atom. The Balaban J connectivity index is 2.18. The van der Waals surface area contributed by atoms with E-state index in [2.05, 4.69) is 0 Å². The highest BCUT2D eigenvalue weighted by atomic mass is 35.5. The first-order chi connectivity index (χ1) is 14.1. The van der Waals surface area contributed by atoms with Gasteiger partial charge in [0.1, 0.15) is 0 Å². The highest BCUT2D eigenvalue weighted by Gasteiger charge is 2.39. The lowest BCUT2D eigenvalue weighted by atomic mass is 10.0. The minimum atomic E-state index is -4.59. The number of benzene rings is 2. The van der Waals surface area contributed by atoms with Crippen LogP contribution < -0.4 is 4.90 Å². The maximum atomic E-state index is 13.2. The maximum absolute atomic E-state index is 13.2. The number of halogens is 5. The van der Waals surface area contributed by atoms with E-state index in [4.69, 9.17) is 27.9 Å². The first-order valence-electron chi connectivity index (χ1n) is 8.53. The van der Waals surface area contributed by atoms with Crippen LogP contribution in [0.15, 0.2) is 59.3 Å². The molecule has 0 saturated heterocycles. The molecule has 0 saturated carbocycles. The summed E-state index contributed by atoms with van der Waals surface area (Å²) in [6.45, 7) is 1.45. The number of allylic oxidation sites excluding steroid dienone is 1. The van der Waals surface area contributed by atoms with Gasteiger partial charge in [-0.15, -0.1) is 0 Å². The van der Waals surface area contributed by atoms with Gasteiger partial charge in [-0.05, 0) is 42.8 Å². The lowest BCUT2D eigenvalue weighted by molar-refractivity contribution is -0.137. The normalized spacial score (nSPS) is 15.9. The summed E-state index contributed by atoms with van der Waals surface area (Å²) < 4.78 is 44.2. The number of amides is 1. The standard InChI is InChI=1S/C21H14Cl2F3NO3/c1-11-17(20(29)30-2)15(9-12-5-3-8-16(22)18(12)23)19(28)27(11)14-7-4-6-13(10-14)21(24,25)26/h3-10H,1-2H3/b15-9-. The van der Waals surface area contributed by atoms with E-state index >= 15 is 0 Å². The Morgan fingerprint density at radius 2 is 1.80 bits per heavy atom. The van der Waals surface area contributed by atoms with Crippen LogP contribution >= 0.6 is 23.2 Å². The molecule has 0 N–H and O–H groups in total. The predicted molar refractivity (Wildman–Crippen MR) is 108 cm³/mol. The Kier molecular flexibility index (Phi) is 5.97. The monoisotopic (exact) mass is 455 g/mol. The van der Waals surface area contributed by atoms with Crippen molar-refractivity contribution in [3.8, 4) is 0 Å². The molecule has 0 spiro atoms. The van der Waals surface area contributed by atoms with Gasteiger partial charge in [-0.1, -0.05) is 41.4 Å². The smallest absolute Gasteiger partial charge is 0.416 e. The number of methoxy groups -OCH3 is 1. The number of esters is 1. The van der Waals surface area contributed by atoms with Crippen LogP contribution in [0.2, 0.25) is 10.0 Å². The molecule has 1 aliphatic rings. The molecule has 1 heterocycles. The van der Waals surface area contributed by atoms with E-state index in [-0.39, 0.29) is 32.6 Å². The molecule has 2 aromatic carbocycles. The van der Waals surface area contributed by atoms with Crippen LogP contribution in [0, 0.1) is 0 Å². The molecule has 0 unspecified atom stereocenters. The summed E-state index contributed by atoms with van der Waals surface area (Å²) in [4.78, 5) is 26.6. The average molecular weight is 456 g/mol.